The molecular formula is C20H23BrN2O3. The predicted octanol–water partition coefficient (Wildman–Crippen LogP) is 3.85. The lowest BCUT2D eigenvalue weighted by atomic mass is 10.1. The molecule has 2 aromatic carbocycles. The van der Waals surface area contributed by atoms with E-state index in [4.69, 9.17) is 4.74 Å². The molecule has 0 atom stereocenters. The molecule has 0 saturated carbocycles. The Kier molecular flexibility index (Phi) is 6.80. The molecule has 26 heavy (non-hydrogen) atoms. The maximum atomic E-state index is 12.2. The van der Waals surface area contributed by atoms with Crippen molar-refractivity contribution in [2.24, 2.45) is 0 Å². The molecule has 2 aromatic rings. The van der Waals surface area contributed by atoms with Crippen molar-refractivity contribution in [2.45, 2.75) is 20.8 Å². The Labute approximate surface area is 162 Å². The number of hydrogen-bond donors (Lipinski definition) is 1. The van der Waals surface area contributed by atoms with Crippen LogP contribution in [0.25, 0.3) is 0 Å². The number of ether oxygens (including phenoxy) is 1. The molecule has 0 aliphatic rings. The fraction of sp³-hybridized carbons (Fsp3) is 0.300. The van der Waals surface area contributed by atoms with Crippen LogP contribution in [0, 0.1) is 20.8 Å². The largest absolute Gasteiger partial charge is 0.483 e. The summed E-state index contributed by atoms with van der Waals surface area (Å²) >= 11 is 3.39. The van der Waals surface area contributed by atoms with Crippen LogP contribution in [0.1, 0.15) is 16.7 Å². The summed E-state index contributed by atoms with van der Waals surface area (Å²) in [5.41, 5.74) is 3.78. The summed E-state index contributed by atoms with van der Waals surface area (Å²) in [5.74, 6) is 0.174. The zero-order chi connectivity index (χ0) is 19.3. The molecule has 0 aliphatic carbocycles. The van der Waals surface area contributed by atoms with Gasteiger partial charge in [0.15, 0.2) is 6.61 Å². The lowest BCUT2D eigenvalue weighted by Gasteiger charge is -2.18. The molecule has 1 N–H and O–H groups in total. The van der Waals surface area contributed by atoms with Gasteiger partial charge in [0, 0.05) is 17.2 Å². The Bertz CT molecular complexity index is 821. The number of hydrogen-bond acceptors (Lipinski definition) is 3. The van der Waals surface area contributed by atoms with E-state index in [-0.39, 0.29) is 25.0 Å². The average Bonchev–Trinajstić information content (AvgIpc) is 2.58. The van der Waals surface area contributed by atoms with E-state index in [0.717, 1.165) is 26.9 Å². The van der Waals surface area contributed by atoms with Crippen LogP contribution in [0.2, 0.25) is 0 Å². The highest BCUT2D eigenvalue weighted by atomic mass is 79.9. The highest BCUT2D eigenvalue weighted by Gasteiger charge is 2.15. The van der Waals surface area contributed by atoms with E-state index < -0.39 is 0 Å². The van der Waals surface area contributed by atoms with Crippen molar-refractivity contribution >= 4 is 33.4 Å². The normalized spacial score (nSPS) is 10.3. The summed E-state index contributed by atoms with van der Waals surface area (Å²) in [4.78, 5) is 25.8. The first-order chi connectivity index (χ1) is 12.3. The van der Waals surface area contributed by atoms with Gasteiger partial charge in [-0.3, -0.25) is 9.59 Å². The third kappa shape index (κ3) is 5.33. The van der Waals surface area contributed by atoms with Gasteiger partial charge >= 0.3 is 0 Å². The first kappa shape index (κ1) is 20.0. The van der Waals surface area contributed by atoms with E-state index in [2.05, 4.69) is 21.2 Å². The van der Waals surface area contributed by atoms with Gasteiger partial charge in [-0.25, -0.2) is 0 Å². The van der Waals surface area contributed by atoms with Crippen LogP contribution >= 0.6 is 15.9 Å². The van der Waals surface area contributed by atoms with Gasteiger partial charge in [0.2, 0.25) is 5.91 Å². The molecule has 0 aromatic heterocycles. The molecule has 0 radical (unpaired) electrons. The average molecular weight is 419 g/mol. The number of anilines is 1. The smallest absolute Gasteiger partial charge is 0.260 e. The zero-order valence-electron chi connectivity index (χ0n) is 15.4. The molecular weight excluding hydrogens is 396 g/mol. The van der Waals surface area contributed by atoms with Gasteiger partial charge < -0.3 is 15.0 Å². The van der Waals surface area contributed by atoms with Gasteiger partial charge in [-0.05, 0) is 61.7 Å². The number of carbonyl (C=O) groups excluding carboxylic acids is 2. The number of nitrogens with zero attached hydrogens (tertiary/aromatic N) is 1. The minimum atomic E-state index is -0.256. The summed E-state index contributed by atoms with van der Waals surface area (Å²) in [7, 11) is 1.59. The topological polar surface area (TPSA) is 58.6 Å². The van der Waals surface area contributed by atoms with Crippen LogP contribution in [-0.4, -0.2) is 36.9 Å². The van der Waals surface area contributed by atoms with E-state index in [9.17, 15) is 9.59 Å². The lowest BCUT2D eigenvalue weighted by molar-refractivity contribution is -0.135. The van der Waals surface area contributed by atoms with Gasteiger partial charge in [0.1, 0.15) is 5.75 Å². The quantitative estimate of drug-likeness (QED) is 0.774. The zero-order valence-corrected chi connectivity index (χ0v) is 17.0. The Morgan fingerprint density at radius 3 is 2.54 bits per heavy atom. The second-order valence-corrected chi connectivity index (χ2v) is 7.16. The fourth-order valence-electron chi connectivity index (χ4n) is 2.39. The van der Waals surface area contributed by atoms with Crippen molar-refractivity contribution < 1.29 is 14.3 Å². The molecule has 138 valence electrons. The highest BCUT2D eigenvalue weighted by Crippen LogP contribution is 2.21. The van der Waals surface area contributed by atoms with Crippen LogP contribution in [-0.2, 0) is 9.59 Å². The van der Waals surface area contributed by atoms with E-state index in [1.807, 2.05) is 57.2 Å². The number of benzene rings is 2. The molecule has 5 nitrogen and oxygen atoms in total. The van der Waals surface area contributed by atoms with Crippen LogP contribution in [0.3, 0.4) is 0 Å². The Hall–Kier alpha value is -2.34. The number of halogens is 1. The molecule has 2 amide bonds. The van der Waals surface area contributed by atoms with Gasteiger partial charge in [-0.1, -0.05) is 28.1 Å². The molecule has 0 unspecified atom stereocenters. The van der Waals surface area contributed by atoms with Crippen molar-refractivity contribution in [3.05, 3.63) is 57.6 Å². The molecule has 0 spiro atoms. The molecule has 2 rings (SSSR count). The van der Waals surface area contributed by atoms with Gasteiger partial charge in [-0.2, -0.15) is 0 Å². The number of aryl methyl sites for hydroxylation is 2. The van der Waals surface area contributed by atoms with Gasteiger partial charge in [0.25, 0.3) is 5.91 Å². The van der Waals surface area contributed by atoms with Gasteiger partial charge in [0.05, 0.1) is 6.54 Å². The first-order valence-electron chi connectivity index (χ1n) is 8.27. The summed E-state index contributed by atoms with van der Waals surface area (Å²) in [6, 6.07) is 11.3. The van der Waals surface area contributed by atoms with Crippen LogP contribution in [0.4, 0.5) is 5.69 Å². The molecule has 0 saturated heterocycles. The van der Waals surface area contributed by atoms with Crippen molar-refractivity contribution in [2.75, 3.05) is 25.5 Å². The molecule has 0 bridgehead atoms. The molecule has 0 fully saturated rings. The standard InChI is InChI=1S/C20H23BrN2O3/c1-13-6-5-7-18(15(13)3)26-12-20(25)23(4)11-19(24)22-17-9-8-16(21)10-14(17)2/h5-10H,11-12H2,1-4H3,(H,22,24). The number of rotatable bonds is 6. The van der Waals surface area contributed by atoms with Crippen molar-refractivity contribution in [3.8, 4) is 5.75 Å². The second-order valence-electron chi connectivity index (χ2n) is 6.24. The number of nitrogens with one attached hydrogen (secondary N) is 1. The summed E-state index contributed by atoms with van der Waals surface area (Å²) in [6.45, 7) is 5.71. The van der Waals surface area contributed by atoms with E-state index in [1.54, 1.807) is 7.05 Å². The van der Waals surface area contributed by atoms with E-state index in [1.165, 1.54) is 4.90 Å². The molecule has 0 aliphatic heterocycles. The fourth-order valence-corrected chi connectivity index (χ4v) is 2.87. The van der Waals surface area contributed by atoms with Gasteiger partial charge in [-0.15, -0.1) is 0 Å². The Balaban J connectivity index is 1.88. The van der Waals surface area contributed by atoms with E-state index >= 15 is 0 Å². The summed E-state index contributed by atoms with van der Waals surface area (Å²) in [6.07, 6.45) is 0. The Morgan fingerprint density at radius 1 is 1.12 bits per heavy atom. The minimum Gasteiger partial charge on any atom is -0.483 e. The van der Waals surface area contributed by atoms with Crippen LogP contribution in [0.15, 0.2) is 40.9 Å². The van der Waals surface area contributed by atoms with Crippen LogP contribution < -0.4 is 10.1 Å². The predicted molar refractivity (Wildman–Crippen MR) is 107 cm³/mol. The van der Waals surface area contributed by atoms with E-state index in [0.29, 0.717) is 5.75 Å². The summed E-state index contributed by atoms with van der Waals surface area (Å²) < 4.78 is 6.55. The Morgan fingerprint density at radius 2 is 1.85 bits per heavy atom. The maximum Gasteiger partial charge on any atom is 0.260 e. The third-order valence-corrected chi connectivity index (χ3v) is 4.67. The number of carbonyl (C=O) groups is 2. The number of likely N-dealkylation sites (N-methyl/N-ethyl adjacent to an activating group) is 1. The first-order valence-corrected chi connectivity index (χ1v) is 9.06. The van der Waals surface area contributed by atoms with Crippen LogP contribution in [0.5, 0.6) is 5.75 Å². The molecule has 0 heterocycles. The number of amides is 2. The third-order valence-electron chi connectivity index (χ3n) is 4.18. The highest BCUT2D eigenvalue weighted by molar-refractivity contribution is 9.10. The van der Waals surface area contributed by atoms with Crippen molar-refractivity contribution in [1.29, 1.82) is 0 Å². The summed E-state index contributed by atoms with van der Waals surface area (Å²) in [5, 5.41) is 2.82. The minimum absolute atomic E-state index is 0.0372. The maximum absolute atomic E-state index is 12.2. The lowest BCUT2D eigenvalue weighted by Crippen LogP contribution is -2.37. The monoisotopic (exact) mass is 418 g/mol. The second kappa shape index (κ2) is 8.85. The SMILES string of the molecule is Cc1cc(Br)ccc1NC(=O)CN(C)C(=O)COc1cccc(C)c1C. The van der Waals surface area contributed by atoms with Crippen molar-refractivity contribution in [1.82, 2.24) is 4.90 Å². The molecule has 6 heteroatoms. The van der Waals surface area contributed by atoms with Crippen molar-refractivity contribution in [3.63, 3.8) is 0 Å².